The first-order valence-electron chi connectivity index (χ1n) is 6.37. The van der Waals surface area contributed by atoms with Gasteiger partial charge in [-0.25, -0.2) is 0 Å². The van der Waals surface area contributed by atoms with Crippen LogP contribution in [0.3, 0.4) is 0 Å². The Morgan fingerprint density at radius 3 is 2.80 bits per heavy atom. The fraction of sp³-hybridized carbons (Fsp3) is 0.357. The SMILES string of the molecule is Cc1ccc(C(N)=S)c(NC2CCC(=O)N(C)C2=O)c1. The molecule has 0 saturated carbocycles. The van der Waals surface area contributed by atoms with E-state index in [9.17, 15) is 9.59 Å². The normalized spacial score (nSPS) is 19.1. The molecule has 1 aliphatic rings. The van der Waals surface area contributed by atoms with Crippen molar-refractivity contribution >= 4 is 34.7 Å². The van der Waals surface area contributed by atoms with E-state index in [1.807, 2.05) is 25.1 Å². The van der Waals surface area contributed by atoms with E-state index in [0.717, 1.165) is 16.2 Å². The third-order valence-electron chi connectivity index (χ3n) is 3.42. The van der Waals surface area contributed by atoms with Gasteiger partial charge in [0, 0.05) is 24.7 Å². The molecule has 106 valence electrons. The van der Waals surface area contributed by atoms with Gasteiger partial charge in [-0.3, -0.25) is 14.5 Å². The van der Waals surface area contributed by atoms with Crippen LogP contribution in [0.25, 0.3) is 0 Å². The number of amides is 2. The zero-order valence-corrected chi connectivity index (χ0v) is 12.3. The molecule has 1 saturated heterocycles. The van der Waals surface area contributed by atoms with Crippen molar-refractivity contribution in [2.45, 2.75) is 25.8 Å². The van der Waals surface area contributed by atoms with Crippen LogP contribution >= 0.6 is 12.2 Å². The molecule has 1 atom stereocenters. The molecule has 20 heavy (non-hydrogen) atoms. The lowest BCUT2D eigenvalue weighted by Crippen LogP contribution is -2.48. The van der Waals surface area contributed by atoms with Gasteiger partial charge in [0.2, 0.25) is 5.91 Å². The van der Waals surface area contributed by atoms with E-state index >= 15 is 0 Å². The average molecular weight is 291 g/mol. The Morgan fingerprint density at radius 2 is 2.15 bits per heavy atom. The average Bonchev–Trinajstić information content (AvgIpc) is 2.39. The molecular weight excluding hydrogens is 274 g/mol. The lowest BCUT2D eigenvalue weighted by molar-refractivity contribution is -0.146. The molecule has 5 nitrogen and oxygen atoms in total. The standard InChI is InChI=1S/C14H17N3O2S/c1-8-3-4-9(13(15)20)11(7-8)16-10-5-6-12(18)17(2)14(10)19/h3-4,7,10,16H,5-6H2,1-2H3,(H2,15,20). The van der Waals surface area contributed by atoms with Crippen LogP contribution in [-0.2, 0) is 9.59 Å². The zero-order chi connectivity index (χ0) is 14.9. The lowest BCUT2D eigenvalue weighted by atomic mass is 10.0. The van der Waals surface area contributed by atoms with E-state index in [4.69, 9.17) is 18.0 Å². The molecule has 1 aromatic carbocycles. The number of thiocarbonyl (C=S) groups is 1. The van der Waals surface area contributed by atoms with Crippen LogP contribution in [-0.4, -0.2) is 34.8 Å². The van der Waals surface area contributed by atoms with Gasteiger partial charge in [-0.15, -0.1) is 0 Å². The number of imide groups is 1. The highest BCUT2D eigenvalue weighted by Gasteiger charge is 2.32. The van der Waals surface area contributed by atoms with E-state index in [0.29, 0.717) is 18.4 Å². The number of carbonyl (C=O) groups is 2. The molecule has 1 unspecified atom stereocenters. The summed E-state index contributed by atoms with van der Waals surface area (Å²) in [7, 11) is 1.50. The molecule has 0 bridgehead atoms. The molecule has 3 N–H and O–H groups in total. The van der Waals surface area contributed by atoms with Crippen molar-refractivity contribution in [3.05, 3.63) is 29.3 Å². The van der Waals surface area contributed by atoms with Gasteiger partial charge in [0.05, 0.1) is 0 Å². The molecular formula is C14H17N3O2S. The Labute approximate surface area is 123 Å². The molecule has 6 heteroatoms. The van der Waals surface area contributed by atoms with Crippen molar-refractivity contribution in [2.24, 2.45) is 5.73 Å². The summed E-state index contributed by atoms with van der Waals surface area (Å²) in [6.07, 6.45) is 0.834. The number of piperidine rings is 1. The first-order chi connectivity index (χ1) is 9.40. The number of nitrogens with zero attached hydrogens (tertiary/aromatic N) is 1. The fourth-order valence-corrected chi connectivity index (χ4v) is 2.41. The molecule has 0 aromatic heterocycles. The third-order valence-corrected chi connectivity index (χ3v) is 3.64. The number of carbonyl (C=O) groups excluding carboxylic acids is 2. The molecule has 2 amide bonds. The van der Waals surface area contributed by atoms with Crippen molar-refractivity contribution in [1.82, 2.24) is 4.90 Å². The first-order valence-corrected chi connectivity index (χ1v) is 6.78. The third kappa shape index (κ3) is 2.80. The molecule has 0 spiro atoms. The fourth-order valence-electron chi connectivity index (χ4n) is 2.23. The van der Waals surface area contributed by atoms with Gasteiger partial charge in [0.1, 0.15) is 11.0 Å². The van der Waals surface area contributed by atoms with Crippen LogP contribution in [0.15, 0.2) is 18.2 Å². The summed E-state index contributed by atoms with van der Waals surface area (Å²) in [4.78, 5) is 25.0. The first kappa shape index (κ1) is 14.5. The van der Waals surface area contributed by atoms with E-state index in [-0.39, 0.29) is 16.8 Å². The van der Waals surface area contributed by atoms with Crippen LogP contribution in [0.2, 0.25) is 0 Å². The summed E-state index contributed by atoms with van der Waals surface area (Å²) in [6.45, 7) is 1.95. The Bertz CT molecular complexity index is 586. The highest BCUT2D eigenvalue weighted by Crippen LogP contribution is 2.22. The highest BCUT2D eigenvalue weighted by atomic mass is 32.1. The van der Waals surface area contributed by atoms with Gasteiger partial charge in [-0.2, -0.15) is 0 Å². The maximum absolute atomic E-state index is 12.1. The van der Waals surface area contributed by atoms with Gasteiger partial charge >= 0.3 is 0 Å². The summed E-state index contributed by atoms with van der Waals surface area (Å²) >= 11 is 5.02. The minimum absolute atomic E-state index is 0.146. The molecule has 0 aliphatic carbocycles. The number of aryl methyl sites for hydroxylation is 1. The maximum Gasteiger partial charge on any atom is 0.251 e. The molecule has 2 rings (SSSR count). The van der Waals surface area contributed by atoms with Crippen molar-refractivity contribution < 1.29 is 9.59 Å². The topological polar surface area (TPSA) is 75.4 Å². The molecule has 1 fully saturated rings. The Hall–Kier alpha value is -1.95. The zero-order valence-electron chi connectivity index (χ0n) is 11.5. The number of hydrogen-bond acceptors (Lipinski definition) is 4. The smallest absolute Gasteiger partial charge is 0.251 e. The number of rotatable bonds is 3. The Morgan fingerprint density at radius 1 is 1.45 bits per heavy atom. The number of nitrogens with one attached hydrogen (secondary N) is 1. The summed E-state index contributed by atoms with van der Waals surface area (Å²) in [5.41, 5.74) is 8.18. The summed E-state index contributed by atoms with van der Waals surface area (Å²) in [5, 5.41) is 3.16. The van der Waals surface area contributed by atoms with Crippen molar-refractivity contribution in [3.8, 4) is 0 Å². The number of benzene rings is 1. The van der Waals surface area contributed by atoms with Gasteiger partial charge in [0.15, 0.2) is 0 Å². The van der Waals surface area contributed by atoms with Crippen LogP contribution in [0.1, 0.15) is 24.0 Å². The van der Waals surface area contributed by atoms with Gasteiger partial charge in [-0.05, 0) is 31.0 Å². The minimum Gasteiger partial charge on any atom is -0.389 e. The maximum atomic E-state index is 12.1. The van der Waals surface area contributed by atoms with Gasteiger partial charge in [0.25, 0.3) is 5.91 Å². The van der Waals surface area contributed by atoms with Crippen LogP contribution in [0.4, 0.5) is 5.69 Å². The minimum atomic E-state index is -0.424. The number of anilines is 1. The van der Waals surface area contributed by atoms with Gasteiger partial charge in [-0.1, -0.05) is 18.3 Å². The molecule has 1 heterocycles. The predicted octanol–water partition coefficient (Wildman–Crippen LogP) is 1.19. The van der Waals surface area contributed by atoms with Crippen molar-refractivity contribution in [2.75, 3.05) is 12.4 Å². The molecule has 1 aliphatic heterocycles. The predicted molar refractivity (Wildman–Crippen MR) is 81.5 cm³/mol. The van der Waals surface area contributed by atoms with Gasteiger partial charge < -0.3 is 11.1 Å². The van der Waals surface area contributed by atoms with Crippen molar-refractivity contribution in [3.63, 3.8) is 0 Å². The van der Waals surface area contributed by atoms with E-state index in [2.05, 4.69) is 5.32 Å². The Balaban J connectivity index is 2.26. The molecule has 1 aromatic rings. The van der Waals surface area contributed by atoms with E-state index in [1.54, 1.807) is 0 Å². The van der Waals surface area contributed by atoms with Crippen LogP contribution in [0.5, 0.6) is 0 Å². The number of likely N-dealkylation sites (N-methyl/N-ethyl adjacent to an activating group) is 1. The van der Waals surface area contributed by atoms with Crippen LogP contribution in [0, 0.1) is 6.92 Å². The van der Waals surface area contributed by atoms with E-state index < -0.39 is 6.04 Å². The van der Waals surface area contributed by atoms with E-state index in [1.165, 1.54) is 7.05 Å². The summed E-state index contributed by atoms with van der Waals surface area (Å²) < 4.78 is 0. The second-order valence-electron chi connectivity index (χ2n) is 4.94. The number of likely N-dealkylation sites (tertiary alicyclic amines) is 1. The second kappa shape index (κ2) is 5.58. The molecule has 0 radical (unpaired) electrons. The summed E-state index contributed by atoms with van der Waals surface area (Å²) in [6, 6.07) is 5.23. The highest BCUT2D eigenvalue weighted by molar-refractivity contribution is 7.80. The number of nitrogens with two attached hydrogens (primary N) is 1. The van der Waals surface area contributed by atoms with Crippen LogP contribution < -0.4 is 11.1 Å². The van der Waals surface area contributed by atoms with Crippen molar-refractivity contribution in [1.29, 1.82) is 0 Å². The lowest BCUT2D eigenvalue weighted by Gasteiger charge is -2.29. The second-order valence-corrected chi connectivity index (χ2v) is 5.38. The monoisotopic (exact) mass is 291 g/mol. The largest absolute Gasteiger partial charge is 0.389 e. The quantitative estimate of drug-likeness (QED) is 0.646. The number of hydrogen-bond donors (Lipinski definition) is 2. The Kier molecular flexibility index (Phi) is 4.04. The summed E-state index contributed by atoms with van der Waals surface area (Å²) in [5.74, 6) is -0.372.